The molecule has 11 heteroatoms. The first kappa shape index (κ1) is 23.8. The second-order valence-corrected chi connectivity index (χ2v) is 11.4. The predicted octanol–water partition coefficient (Wildman–Crippen LogP) is 5.26. The van der Waals surface area contributed by atoms with Crippen molar-refractivity contribution in [2.24, 2.45) is 0 Å². The number of nitrogens with one attached hydrogen (secondary N) is 1. The Morgan fingerprint density at radius 3 is 2.83 bits per heavy atom. The Kier molecular flexibility index (Phi) is 6.56. The number of fused-ring (bicyclic) bond motifs is 1. The topological polar surface area (TPSA) is 75.2 Å². The molecule has 2 amide bonds. The molecule has 0 spiro atoms. The zero-order valence-electron chi connectivity index (χ0n) is 18.8. The lowest BCUT2D eigenvalue weighted by Crippen LogP contribution is -2.42. The molecule has 35 heavy (non-hydrogen) atoms. The van der Waals surface area contributed by atoms with E-state index in [0.717, 1.165) is 21.6 Å². The number of nitrogens with zero attached hydrogens (tertiary/aromatic N) is 3. The van der Waals surface area contributed by atoms with Gasteiger partial charge in [-0.1, -0.05) is 18.2 Å². The van der Waals surface area contributed by atoms with Gasteiger partial charge in [0.15, 0.2) is 11.6 Å². The zero-order chi connectivity index (χ0) is 24.7. The summed E-state index contributed by atoms with van der Waals surface area (Å²) >= 11 is 4.11. The van der Waals surface area contributed by atoms with E-state index in [2.05, 4.69) is 15.3 Å². The summed E-state index contributed by atoms with van der Waals surface area (Å²) in [6, 6.07) is 8.36. The van der Waals surface area contributed by atoms with Gasteiger partial charge in [-0.25, -0.2) is 18.7 Å². The van der Waals surface area contributed by atoms with Crippen LogP contribution < -0.4 is 5.32 Å². The average Bonchev–Trinajstić information content (AvgIpc) is 3.60. The quantitative estimate of drug-likeness (QED) is 0.381. The SMILES string of the molecule is Cc1nc(C(=O)N2CCSC2CNC(=O)c2cccc3ncsc23)c(-c2ccc(C)c(F)c2F)s1. The lowest BCUT2D eigenvalue weighted by molar-refractivity contribution is 0.0747. The van der Waals surface area contributed by atoms with Crippen LogP contribution in [0.5, 0.6) is 0 Å². The van der Waals surface area contributed by atoms with Crippen LogP contribution in [0.2, 0.25) is 0 Å². The summed E-state index contributed by atoms with van der Waals surface area (Å²) in [6.07, 6.45) is 0. The minimum absolute atomic E-state index is 0.0244. The Morgan fingerprint density at radius 2 is 2.00 bits per heavy atom. The number of halogens is 2. The van der Waals surface area contributed by atoms with Crippen LogP contribution in [0.4, 0.5) is 8.78 Å². The molecule has 5 rings (SSSR count). The number of carbonyl (C=O) groups excluding carboxylic acids is 2. The lowest BCUT2D eigenvalue weighted by atomic mass is 10.1. The Bertz CT molecular complexity index is 1450. The number of aryl methyl sites for hydroxylation is 2. The van der Waals surface area contributed by atoms with Crippen molar-refractivity contribution in [3.05, 3.63) is 69.3 Å². The van der Waals surface area contributed by atoms with Crippen molar-refractivity contribution in [2.45, 2.75) is 19.2 Å². The number of rotatable bonds is 5. The molecular weight excluding hydrogens is 510 g/mol. The molecule has 1 aliphatic rings. The highest BCUT2D eigenvalue weighted by Crippen LogP contribution is 2.36. The number of hydrogen-bond donors (Lipinski definition) is 1. The number of thioether (sulfide) groups is 1. The van der Waals surface area contributed by atoms with Gasteiger partial charge in [0.2, 0.25) is 0 Å². The van der Waals surface area contributed by atoms with Gasteiger partial charge in [0.1, 0.15) is 5.69 Å². The van der Waals surface area contributed by atoms with Crippen LogP contribution in [0, 0.1) is 25.5 Å². The largest absolute Gasteiger partial charge is 0.349 e. The summed E-state index contributed by atoms with van der Waals surface area (Å²) in [5, 5.41) is 3.21. The third kappa shape index (κ3) is 4.43. The standard InChI is InChI=1S/C24H20F2N4O2S3/c1-12-6-7-14(19(26)18(12)25)22-20(29-13(2)35-22)24(32)30-8-9-33-17(30)10-27-23(31)15-4-3-5-16-21(15)34-11-28-16/h3-7,11,17H,8-10H2,1-2H3,(H,27,31). The van der Waals surface area contributed by atoms with Gasteiger partial charge < -0.3 is 10.2 Å². The Hall–Kier alpha value is -2.89. The van der Waals surface area contributed by atoms with Gasteiger partial charge in [0.25, 0.3) is 11.8 Å². The summed E-state index contributed by atoms with van der Waals surface area (Å²) < 4.78 is 29.8. The van der Waals surface area contributed by atoms with E-state index in [9.17, 15) is 18.4 Å². The Morgan fingerprint density at radius 1 is 1.17 bits per heavy atom. The fourth-order valence-electron chi connectivity index (χ4n) is 3.97. The van der Waals surface area contributed by atoms with Crippen LogP contribution in [-0.4, -0.2) is 50.9 Å². The molecule has 0 aliphatic carbocycles. The van der Waals surface area contributed by atoms with Gasteiger partial charge >= 0.3 is 0 Å². The molecule has 1 saturated heterocycles. The van der Waals surface area contributed by atoms with Crippen molar-refractivity contribution < 1.29 is 18.4 Å². The highest BCUT2D eigenvalue weighted by molar-refractivity contribution is 8.00. The first-order valence-electron chi connectivity index (χ1n) is 10.8. The number of hydrogen-bond acceptors (Lipinski definition) is 7. The first-order chi connectivity index (χ1) is 16.8. The van der Waals surface area contributed by atoms with E-state index in [1.54, 1.807) is 41.2 Å². The van der Waals surface area contributed by atoms with Gasteiger partial charge in [-0.3, -0.25) is 9.59 Å². The van der Waals surface area contributed by atoms with Crippen LogP contribution in [0.25, 0.3) is 20.7 Å². The molecule has 1 fully saturated rings. The number of benzene rings is 2. The second-order valence-electron chi connectivity index (χ2n) is 8.01. The fourth-order valence-corrected chi connectivity index (χ4v) is 6.86. The van der Waals surface area contributed by atoms with Gasteiger partial charge in [-0.15, -0.1) is 34.4 Å². The molecule has 0 bridgehead atoms. The van der Waals surface area contributed by atoms with Crippen molar-refractivity contribution in [1.29, 1.82) is 0 Å². The summed E-state index contributed by atoms with van der Waals surface area (Å²) in [6.45, 7) is 3.93. The summed E-state index contributed by atoms with van der Waals surface area (Å²) in [5.74, 6) is -1.82. The lowest BCUT2D eigenvalue weighted by Gasteiger charge is -2.24. The Balaban J connectivity index is 1.36. The monoisotopic (exact) mass is 530 g/mol. The van der Waals surface area contributed by atoms with E-state index in [0.29, 0.717) is 27.7 Å². The molecule has 1 atom stereocenters. The van der Waals surface area contributed by atoms with Crippen molar-refractivity contribution >= 4 is 56.5 Å². The molecule has 3 heterocycles. The molecule has 6 nitrogen and oxygen atoms in total. The van der Waals surface area contributed by atoms with E-state index in [1.165, 1.54) is 30.4 Å². The predicted molar refractivity (Wildman–Crippen MR) is 136 cm³/mol. The maximum atomic E-state index is 14.7. The first-order valence-corrected chi connectivity index (χ1v) is 13.5. The van der Waals surface area contributed by atoms with Crippen LogP contribution >= 0.6 is 34.4 Å². The second kappa shape index (κ2) is 9.63. The van der Waals surface area contributed by atoms with E-state index in [-0.39, 0.29) is 40.6 Å². The molecule has 2 aromatic heterocycles. The van der Waals surface area contributed by atoms with E-state index >= 15 is 0 Å². The molecule has 0 radical (unpaired) electrons. The normalized spacial score (nSPS) is 15.7. The maximum Gasteiger partial charge on any atom is 0.274 e. The van der Waals surface area contributed by atoms with Crippen LogP contribution in [0.15, 0.2) is 35.8 Å². The average molecular weight is 531 g/mol. The third-order valence-corrected chi connectivity index (χ3v) is 8.85. The van der Waals surface area contributed by atoms with E-state index in [4.69, 9.17) is 0 Å². The van der Waals surface area contributed by atoms with E-state index in [1.807, 2.05) is 6.07 Å². The maximum absolute atomic E-state index is 14.7. The van der Waals surface area contributed by atoms with Gasteiger partial charge in [0, 0.05) is 24.4 Å². The van der Waals surface area contributed by atoms with Gasteiger partial charge in [-0.2, -0.15) is 0 Å². The molecule has 4 aromatic rings. The van der Waals surface area contributed by atoms with E-state index < -0.39 is 11.6 Å². The molecule has 1 N–H and O–H groups in total. The fraction of sp³-hybridized carbons (Fsp3) is 0.250. The Labute approximate surface area is 212 Å². The molecule has 1 unspecified atom stereocenters. The highest BCUT2D eigenvalue weighted by atomic mass is 32.2. The zero-order valence-corrected chi connectivity index (χ0v) is 21.3. The molecule has 1 aliphatic heterocycles. The molecule has 180 valence electrons. The smallest absolute Gasteiger partial charge is 0.274 e. The van der Waals surface area contributed by atoms with Crippen LogP contribution in [0.1, 0.15) is 31.4 Å². The van der Waals surface area contributed by atoms with Crippen LogP contribution in [-0.2, 0) is 0 Å². The minimum Gasteiger partial charge on any atom is -0.349 e. The molecular formula is C24H20F2N4O2S3. The molecule has 0 saturated carbocycles. The van der Waals surface area contributed by atoms with Crippen molar-refractivity contribution in [3.63, 3.8) is 0 Å². The molecule has 2 aromatic carbocycles. The van der Waals surface area contributed by atoms with Crippen molar-refractivity contribution in [1.82, 2.24) is 20.2 Å². The number of amides is 2. The van der Waals surface area contributed by atoms with Crippen molar-refractivity contribution in [2.75, 3.05) is 18.8 Å². The van der Waals surface area contributed by atoms with Gasteiger partial charge in [-0.05, 0) is 31.5 Å². The van der Waals surface area contributed by atoms with Crippen LogP contribution in [0.3, 0.4) is 0 Å². The summed E-state index contributed by atoms with van der Waals surface area (Å²) in [4.78, 5) is 36.9. The number of aromatic nitrogens is 2. The highest BCUT2D eigenvalue weighted by Gasteiger charge is 2.34. The third-order valence-electron chi connectivity index (χ3n) is 5.75. The van der Waals surface area contributed by atoms with Gasteiger partial charge in [0.05, 0.1) is 36.5 Å². The number of thiazole rings is 2. The number of carbonyl (C=O) groups is 2. The minimum atomic E-state index is -0.987. The summed E-state index contributed by atoms with van der Waals surface area (Å²) in [7, 11) is 0. The summed E-state index contributed by atoms with van der Waals surface area (Å²) in [5.41, 5.74) is 3.33. The van der Waals surface area contributed by atoms with Crippen molar-refractivity contribution in [3.8, 4) is 10.4 Å².